The number of nitriles is 1. The second-order valence-corrected chi connectivity index (χ2v) is 5.14. The summed E-state index contributed by atoms with van der Waals surface area (Å²) in [5.74, 6) is 0.498. The third-order valence-corrected chi connectivity index (χ3v) is 3.80. The molecule has 0 saturated carbocycles. The van der Waals surface area contributed by atoms with E-state index < -0.39 is 0 Å². The van der Waals surface area contributed by atoms with Crippen molar-refractivity contribution in [1.29, 1.82) is 5.26 Å². The number of nitrogens with zero attached hydrogens (tertiary/aromatic N) is 1. The van der Waals surface area contributed by atoms with Gasteiger partial charge < -0.3 is 10.6 Å². The van der Waals surface area contributed by atoms with Crippen LogP contribution in [-0.2, 0) is 4.79 Å². The summed E-state index contributed by atoms with van der Waals surface area (Å²) < 4.78 is 0. The van der Waals surface area contributed by atoms with Gasteiger partial charge in [-0.1, -0.05) is 0 Å². The number of carbonyl (C=O) groups is 1. The van der Waals surface area contributed by atoms with Crippen molar-refractivity contribution in [3.05, 3.63) is 17.0 Å². The predicted octanol–water partition coefficient (Wildman–Crippen LogP) is 1.95. The lowest BCUT2D eigenvalue weighted by molar-refractivity contribution is -0.117. The van der Waals surface area contributed by atoms with Crippen LogP contribution < -0.4 is 10.6 Å². The van der Waals surface area contributed by atoms with Gasteiger partial charge in [-0.25, -0.2) is 0 Å². The molecule has 0 bridgehead atoms. The highest BCUT2D eigenvalue weighted by Gasteiger charge is 2.17. The van der Waals surface area contributed by atoms with Crippen molar-refractivity contribution in [3.8, 4) is 6.07 Å². The second kappa shape index (κ2) is 5.80. The zero-order chi connectivity index (χ0) is 12.1. The minimum atomic E-state index is 0.0239. The molecule has 2 rings (SSSR count). The van der Waals surface area contributed by atoms with E-state index in [1.807, 2.05) is 5.38 Å². The van der Waals surface area contributed by atoms with E-state index in [1.165, 1.54) is 11.3 Å². The molecule has 1 aliphatic heterocycles. The molecule has 0 atom stereocenters. The van der Waals surface area contributed by atoms with E-state index >= 15 is 0 Å². The summed E-state index contributed by atoms with van der Waals surface area (Å²) in [6.07, 6.45) is 2.68. The van der Waals surface area contributed by atoms with Crippen molar-refractivity contribution in [2.45, 2.75) is 19.3 Å². The predicted molar refractivity (Wildman–Crippen MR) is 67.9 cm³/mol. The second-order valence-electron chi connectivity index (χ2n) is 4.22. The quantitative estimate of drug-likeness (QED) is 0.860. The molecule has 2 N–H and O–H groups in total. The molecular formula is C12H15N3OS. The maximum Gasteiger partial charge on any atom is 0.225 e. The van der Waals surface area contributed by atoms with Gasteiger partial charge in [0, 0.05) is 6.42 Å². The molecule has 1 aromatic heterocycles. The molecular weight excluding hydrogens is 234 g/mol. The summed E-state index contributed by atoms with van der Waals surface area (Å²) in [6.45, 7) is 2.00. The van der Waals surface area contributed by atoms with E-state index in [0.717, 1.165) is 25.9 Å². The highest BCUT2D eigenvalue weighted by atomic mass is 32.1. The Kier molecular flexibility index (Phi) is 4.13. The maximum atomic E-state index is 11.8. The van der Waals surface area contributed by atoms with Gasteiger partial charge in [0.1, 0.15) is 11.1 Å². The largest absolute Gasteiger partial charge is 0.317 e. The van der Waals surface area contributed by atoms with Crippen molar-refractivity contribution < 1.29 is 4.79 Å². The van der Waals surface area contributed by atoms with E-state index in [-0.39, 0.29) is 5.91 Å². The van der Waals surface area contributed by atoms with Crippen LogP contribution in [0.4, 0.5) is 5.00 Å². The number of carbonyl (C=O) groups excluding carboxylic acids is 1. The van der Waals surface area contributed by atoms with Gasteiger partial charge in [-0.05, 0) is 43.3 Å². The monoisotopic (exact) mass is 249 g/mol. The summed E-state index contributed by atoms with van der Waals surface area (Å²) in [6, 6.07) is 3.80. The molecule has 90 valence electrons. The van der Waals surface area contributed by atoms with Gasteiger partial charge in [-0.2, -0.15) is 5.26 Å². The molecule has 0 aliphatic carbocycles. The standard InChI is InChI=1S/C12H15N3OS/c13-8-10-3-6-17-12(10)15-11(16)7-9-1-4-14-5-2-9/h3,6,9,14H,1-2,4-5,7H2,(H,15,16). The van der Waals surface area contributed by atoms with Crippen LogP contribution in [0.5, 0.6) is 0 Å². The van der Waals surface area contributed by atoms with Gasteiger partial charge >= 0.3 is 0 Å². The van der Waals surface area contributed by atoms with E-state index in [0.29, 0.717) is 22.9 Å². The van der Waals surface area contributed by atoms with Gasteiger partial charge in [0.05, 0.1) is 5.56 Å². The van der Waals surface area contributed by atoms with Gasteiger partial charge in [-0.3, -0.25) is 4.79 Å². The molecule has 2 heterocycles. The molecule has 1 amide bonds. The number of anilines is 1. The minimum absolute atomic E-state index is 0.0239. The number of nitrogens with one attached hydrogen (secondary N) is 2. The molecule has 1 fully saturated rings. The number of thiophene rings is 1. The fourth-order valence-corrected chi connectivity index (χ4v) is 2.77. The summed E-state index contributed by atoms with van der Waals surface area (Å²) in [5.41, 5.74) is 0.550. The van der Waals surface area contributed by atoms with Gasteiger partial charge in [0.25, 0.3) is 0 Å². The highest BCUT2D eigenvalue weighted by Crippen LogP contribution is 2.23. The highest BCUT2D eigenvalue weighted by molar-refractivity contribution is 7.14. The van der Waals surface area contributed by atoms with Crippen molar-refractivity contribution in [2.24, 2.45) is 5.92 Å². The molecule has 4 nitrogen and oxygen atoms in total. The van der Waals surface area contributed by atoms with Crippen LogP contribution in [0, 0.1) is 17.2 Å². The number of rotatable bonds is 3. The first-order valence-electron chi connectivity index (χ1n) is 5.77. The third kappa shape index (κ3) is 3.29. The summed E-state index contributed by atoms with van der Waals surface area (Å²) in [4.78, 5) is 11.8. The third-order valence-electron chi connectivity index (χ3n) is 2.97. The molecule has 0 spiro atoms. The van der Waals surface area contributed by atoms with Crippen LogP contribution in [0.25, 0.3) is 0 Å². The first-order chi connectivity index (χ1) is 8.29. The fraction of sp³-hybridized carbons (Fsp3) is 0.500. The summed E-state index contributed by atoms with van der Waals surface area (Å²) >= 11 is 1.40. The molecule has 0 radical (unpaired) electrons. The zero-order valence-corrected chi connectivity index (χ0v) is 10.3. The lowest BCUT2D eigenvalue weighted by Crippen LogP contribution is -2.30. The fourth-order valence-electron chi connectivity index (χ4n) is 2.02. The normalized spacial score (nSPS) is 16.4. The van der Waals surface area contributed by atoms with E-state index in [2.05, 4.69) is 16.7 Å². The van der Waals surface area contributed by atoms with Crippen LogP contribution >= 0.6 is 11.3 Å². The Labute approximate surface area is 105 Å². The molecule has 0 aromatic carbocycles. The lowest BCUT2D eigenvalue weighted by atomic mass is 9.94. The molecule has 1 aromatic rings. The Morgan fingerprint density at radius 1 is 1.59 bits per heavy atom. The topological polar surface area (TPSA) is 64.9 Å². The Hall–Kier alpha value is -1.38. The van der Waals surface area contributed by atoms with Crippen LogP contribution in [-0.4, -0.2) is 19.0 Å². The summed E-state index contributed by atoms with van der Waals surface area (Å²) in [7, 11) is 0. The minimum Gasteiger partial charge on any atom is -0.317 e. The average Bonchev–Trinajstić information content (AvgIpc) is 2.77. The lowest BCUT2D eigenvalue weighted by Gasteiger charge is -2.21. The van der Waals surface area contributed by atoms with Crippen molar-refractivity contribution in [1.82, 2.24) is 5.32 Å². The number of hydrogen-bond donors (Lipinski definition) is 2. The Morgan fingerprint density at radius 2 is 2.35 bits per heavy atom. The Balaban J connectivity index is 1.87. The van der Waals surface area contributed by atoms with E-state index in [9.17, 15) is 4.79 Å². The number of amides is 1. The summed E-state index contributed by atoms with van der Waals surface area (Å²) in [5, 5.41) is 17.4. The zero-order valence-electron chi connectivity index (χ0n) is 9.53. The van der Waals surface area contributed by atoms with Crippen molar-refractivity contribution >= 4 is 22.2 Å². The SMILES string of the molecule is N#Cc1ccsc1NC(=O)CC1CCNCC1. The average molecular weight is 249 g/mol. The van der Waals surface area contributed by atoms with Crippen molar-refractivity contribution in [3.63, 3.8) is 0 Å². The first kappa shape index (κ1) is 12.1. The van der Waals surface area contributed by atoms with Gasteiger partial charge in [0.2, 0.25) is 5.91 Å². The van der Waals surface area contributed by atoms with Crippen LogP contribution in [0.2, 0.25) is 0 Å². The number of hydrogen-bond acceptors (Lipinski definition) is 4. The molecule has 17 heavy (non-hydrogen) atoms. The van der Waals surface area contributed by atoms with Crippen LogP contribution in [0.15, 0.2) is 11.4 Å². The molecule has 0 unspecified atom stereocenters. The molecule has 1 aliphatic rings. The van der Waals surface area contributed by atoms with E-state index in [4.69, 9.17) is 5.26 Å². The van der Waals surface area contributed by atoms with Crippen molar-refractivity contribution in [2.75, 3.05) is 18.4 Å². The van der Waals surface area contributed by atoms with Gasteiger partial charge in [0.15, 0.2) is 0 Å². The number of piperidine rings is 1. The maximum absolute atomic E-state index is 11.8. The smallest absolute Gasteiger partial charge is 0.225 e. The van der Waals surface area contributed by atoms with Gasteiger partial charge in [-0.15, -0.1) is 11.3 Å². The molecule has 1 saturated heterocycles. The van der Waals surface area contributed by atoms with Crippen LogP contribution in [0.3, 0.4) is 0 Å². The molecule has 5 heteroatoms. The van der Waals surface area contributed by atoms with E-state index in [1.54, 1.807) is 6.07 Å². The first-order valence-corrected chi connectivity index (χ1v) is 6.65. The Morgan fingerprint density at radius 3 is 3.06 bits per heavy atom. The van der Waals surface area contributed by atoms with Crippen LogP contribution in [0.1, 0.15) is 24.8 Å². The Bertz CT molecular complexity index is 429.